The second kappa shape index (κ2) is 9.31. The highest BCUT2D eigenvalue weighted by Gasteiger charge is 2.05. The minimum Gasteiger partial charge on any atom is -0.383 e. The number of likely N-dealkylation sites (N-methyl/N-ethyl adjacent to an activating group) is 1. The average molecular weight is 294 g/mol. The minimum absolute atomic E-state index is 0.117. The van der Waals surface area contributed by atoms with Crippen LogP contribution in [0.2, 0.25) is 0 Å². The van der Waals surface area contributed by atoms with E-state index < -0.39 is 0 Å². The molecule has 1 aromatic rings. The molecular formula is C15H26N4O2. The summed E-state index contributed by atoms with van der Waals surface area (Å²) in [6, 6.07) is 1.59. The van der Waals surface area contributed by atoms with Gasteiger partial charge in [-0.1, -0.05) is 13.5 Å². The van der Waals surface area contributed by atoms with Gasteiger partial charge in [0, 0.05) is 33.3 Å². The fourth-order valence-electron chi connectivity index (χ4n) is 1.82. The van der Waals surface area contributed by atoms with Crippen LogP contribution in [-0.2, 0) is 11.3 Å². The highest BCUT2D eigenvalue weighted by atomic mass is 16.5. The Hall–Kier alpha value is -1.66. The Morgan fingerprint density at radius 2 is 2.33 bits per heavy atom. The fourth-order valence-corrected chi connectivity index (χ4v) is 1.82. The van der Waals surface area contributed by atoms with Crippen molar-refractivity contribution in [2.24, 2.45) is 0 Å². The van der Waals surface area contributed by atoms with Crippen molar-refractivity contribution >= 4 is 5.69 Å². The van der Waals surface area contributed by atoms with Gasteiger partial charge in [0.2, 0.25) is 0 Å². The van der Waals surface area contributed by atoms with E-state index in [-0.39, 0.29) is 5.56 Å². The van der Waals surface area contributed by atoms with Crippen molar-refractivity contribution in [2.45, 2.75) is 19.9 Å². The van der Waals surface area contributed by atoms with Gasteiger partial charge in [0.1, 0.15) is 0 Å². The van der Waals surface area contributed by atoms with Gasteiger partial charge in [-0.3, -0.25) is 4.79 Å². The Kier molecular flexibility index (Phi) is 7.71. The summed E-state index contributed by atoms with van der Waals surface area (Å²) in [7, 11) is 3.57. The molecule has 0 amide bonds. The second-order valence-corrected chi connectivity index (χ2v) is 5.05. The molecule has 118 valence electrons. The first-order valence-corrected chi connectivity index (χ1v) is 7.23. The molecule has 0 fully saturated rings. The molecule has 1 heterocycles. The zero-order valence-corrected chi connectivity index (χ0v) is 13.3. The van der Waals surface area contributed by atoms with Crippen LogP contribution in [0.3, 0.4) is 0 Å². The van der Waals surface area contributed by atoms with Crippen LogP contribution >= 0.6 is 0 Å². The molecular weight excluding hydrogens is 268 g/mol. The first kappa shape index (κ1) is 17.4. The van der Waals surface area contributed by atoms with E-state index >= 15 is 0 Å². The lowest BCUT2D eigenvalue weighted by Crippen LogP contribution is -2.29. The standard InChI is InChI=1S/C15H26N4O2/c1-5-6-16-10-13(2)12-19-15(20)9-14(11-17-19)18(3)7-8-21-4/h9,11,16H,2,5-8,10,12H2,1,3-4H3. The van der Waals surface area contributed by atoms with Crippen molar-refractivity contribution < 1.29 is 4.74 Å². The van der Waals surface area contributed by atoms with Crippen LogP contribution in [0.1, 0.15) is 13.3 Å². The number of hydrogen-bond donors (Lipinski definition) is 1. The largest absolute Gasteiger partial charge is 0.383 e. The molecule has 0 unspecified atom stereocenters. The van der Waals surface area contributed by atoms with Crippen molar-refractivity contribution in [3.05, 3.63) is 34.8 Å². The number of ether oxygens (including phenoxy) is 1. The van der Waals surface area contributed by atoms with Gasteiger partial charge < -0.3 is 15.0 Å². The van der Waals surface area contributed by atoms with E-state index in [4.69, 9.17) is 4.74 Å². The van der Waals surface area contributed by atoms with Crippen LogP contribution in [0, 0.1) is 0 Å². The topological polar surface area (TPSA) is 59.4 Å². The van der Waals surface area contributed by atoms with E-state index in [9.17, 15) is 4.79 Å². The molecule has 0 aliphatic heterocycles. The SMILES string of the molecule is C=C(CNCCC)Cn1ncc(N(C)CCOC)cc1=O. The van der Waals surface area contributed by atoms with E-state index in [0.717, 1.165) is 30.8 Å². The molecule has 0 spiro atoms. The van der Waals surface area contributed by atoms with Gasteiger partial charge in [-0.15, -0.1) is 0 Å². The van der Waals surface area contributed by atoms with Gasteiger partial charge in [0.05, 0.1) is 25.0 Å². The second-order valence-electron chi connectivity index (χ2n) is 5.05. The van der Waals surface area contributed by atoms with Gasteiger partial charge in [-0.2, -0.15) is 5.10 Å². The number of rotatable bonds is 10. The van der Waals surface area contributed by atoms with Crippen molar-refractivity contribution in [2.75, 3.05) is 45.3 Å². The monoisotopic (exact) mass is 294 g/mol. The molecule has 0 aromatic carbocycles. The summed E-state index contributed by atoms with van der Waals surface area (Å²) in [5.41, 5.74) is 1.62. The predicted octanol–water partition coefficient (Wildman–Crippen LogP) is 0.882. The van der Waals surface area contributed by atoms with E-state index in [1.165, 1.54) is 4.68 Å². The predicted molar refractivity (Wildman–Crippen MR) is 85.9 cm³/mol. The summed E-state index contributed by atoms with van der Waals surface area (Å²) < 4.78 is 6.46. The normalized spacial score (nSPS) is 10.6. The summed E-state index contributed by atoms with van der Waals surface area (Å²) in [5.74, 6) is 0. The number of nitrogens with zero attached hydrogens (tertiary/aromatic N) is 3. The summed E-state index contributed by atoms with van der Waals surface area (Å²) >= 11 is 0. The van der Waals surface area contributed by atoms with E-state index in [1.54, 1.807) is 19.4 Å². The minimum atomic E-state index is -0.117. The molecule has 0 saturated heterocycles. The van der Waals surface area contributed by atoms with Gasteiger partial charge >= 0.3 is 0 Å². The fraction of sp³-hybridized carbons (Fsp3) is 0.600. The summed E-state index contributed by atoms with van der Waals surface area (Å²) in [5, 5.41) is 7.47. The molecule has 21 heavy (non-hydrogen) atoms. The Labute approximate surface area is 126 Å². The molecule has 6 nitrogen and oxygen atoms in total. The van der Waals surface area contributed by atoms with E-state index in [2.05, 4.69) is 23.9 Å². The molecule has 6 heteroatoms. The summed E-state index contributed by atoms with van der Waals surface area (Å²) in [4.78, 5) is 14.0. The van der Waals surface area contributed by atoms with Gasteiger partial charge in [-0.05, 0) is 18.5 Å². The number of anilines is 1. The third-order valence-electron chi connectivity index (χ3n) is 3.10. The Morgan fingerprint density at radius 3 is 2.95 bits per heavy atom. The zero-order chi connectivity index (χ0) is 15.7. The first-order valence-electron chi connectivity index (χ1n) is 7.23. The van der Waals surface area contributed by atoms with Crippen molar-refractivity contribution in [1.29, 1.82) is 0 Å². The Balaban J connectivity index is 2.61. The molecule has 0 radical (unpaired) electrons. The van der Waals surface area contributed by atoms with Gasteiger partial charge in [-0.25, -0.2) is 4.68 Å². The van der Waals surface area contributed by atoms with Crippen LogP contribution in [-0.4, -0.2) is 50.2 Å². The first-order chi connectivity index (χ1) is 10.1. The molecule has 0 saturated carbocycles. The summed E-state index contributed by atoms with van der Waals surface area (Å²) in [6.07, 6.45) is 2.78. The van der Waals surface area contributed by atoms with Crippen molar-refractivity contribution in [3.63, 3.8) is 0 Å². The van der Waals surface area contributed by atoms with E-state index in [1.807, 2.05) is 11.9 Å². The molecule has 1 aromatic heterocycles. The maximum atomic E-state index is 12.1. The third-order valence-corrected chi connectivity index (χ3v) is 3.10. The molecule has 0 bridgehead atoms. The Morgan fingerprint density at radius 1 is 1.57 bits per heavy atom. The lowest BCUT2D eigenvalue weighted by Gasteiger charge is -2.18. The average Bonchev–Trinajstić information content (AvgIpc) is 2.47. The maximum Gasteiger partial charge on any atom is 0.269 e. The van der Waals surface area contributed by atoms with Crippen LogP contribution in [0.5, 0.6) is 0 Å². The smallest absolute Gasteiger partial charge is 0.269 e. The molecule has 1 rings (SSSR count). The number of aromatic nitrogens is 2. The van der Waals surface area contributed by atoms with Gasteiger partial charge in [0.25, 0.3) is 5.56 Å². The number of hydrogen-bond acceptors (Lipinski definition) is 5. The lowest BCUT2D eigenvalue weighted by molar-refractivity contribution is 0.206. The summed E-state index contributed by atoms with van der Waals surface area (Å²) in [6.45, 7) is 9.51. The van der Waals surface area contributed by atoms with Crippen LogP contribution in [0.4, 0.5) is 5.69 Å². The third kappa shape index (κ3) is 6.10. The molecule has 0 aliphatic rings. The van der Waals surface area contributed by atoms with Crippen LogP contribution < -0.4 is 15.8 Å². The highest BCUT2D eigenvalue weighted by Crippen LogP contribution is 2.06. The number of nitrogens with one attached hydrogen (secondary N) is 1. The molecule has 1 N–H and O–H groups in total. The van der Waals surface area contributed by atoms with Crippen LogP contribution in [0.25, 0.3) is 0 Å². The molecule has 0 atom stereocenters. The van der Waals surface area contributed by atoms with Crippen molar-refractivity contribution in [3.8, 4) is 0 Å². The Bertz CT molecular complexity index is 499. The van der Waals surface area contributed by atoms with Gasteiger partial charge in [0.15, 0.2) is 0 Å². The van der Waals surface area contributed by atoms with Crippen LogP contribution in [0.15, 0.2) is 29.2 Å². The quantitative estimate of drug-likeness (QED) is 0.513. The highest BCUT2D eigenvalue weighted by molar-refractivity contribution is 5.41. The van der Waals surface area contributed by atoms with Crippen molar-refractivity contribution in [1.82, 2.24) is 15.1 Å². The maximum absolute atomic E-state index is 12.1. The van der Waals surface area contributed by atoms with E-state index in [0.29, 0.717) is 19.7 Å². The lowest BCUT2D eigenvalue weighted by atomic mass is 10.3. The number of methoxy groups -OCH3 is 1. The molecule has 0 aliphatic carbocycles. The zero-order valence-electron chi connectivity index (χ0n) is 13.3.